The molecule has 1 N–H and O–H groups in total. The van der Waals surface area contributed by atoms with Gasteiger partial charge in [-0.1, -0.05) is 6.92 Å². The summed E-state index contributed by atoms with van der Waals surface area (Å²) in [6, 6.07) is 7.31. The summed E-state index contributed by atoms with van der Waals surface area (Å²) in [6.45, 7) is 2.89. The molecule has 20 heavy (non-hydrogen) atoms. The maximum Gasteiger partial charge on any atom is 0.126 e. The third kappa shape index (κ3) is 3.84. The SMILES string of the molecule is CCCNC(Cc1cc(F)ccc1F)c1ccncc1. The molecule has 0 aliphatic heterocycles. The molecule has 0 radical (unpaired) electrons. The lowest BCUT2D eigenvalue weighted by molar-refractivity contribution is 0.508. The third-order valence-corrected chi connectivity index (χ3v) is 3.18. The minimum Gasteiger partial charge on any atom is -0.310 e. The molecule has 106 valence electrons. The molecule has 0 amide bonds. The Morgan fingerprint density at radius 1 is 1.15 bits per heavy atom. The average molecular weight is 276 g/mol. The van der Waals surface area contributed by atoms with Crippen LogP contribution in [0, 0.1) is 11.6 Å². The Balaban J connectivity index is 2.21. The molecule has 0 spiro atoms. The maximum absolute atomic E-state index is 13.8. The minimum absolute atomic E-state index is 0.0470. The van der Waals surface area contributed by atoms with Crippen LogP contribution in [0.2, 0.25) is 0 Å². The number of nitrogens with one attached hydrogen (secondary N) is 1. The monoisotopic (exact) mass is 276 g/mol. The van der Waals surface area contributed by atoms with Gasteiger partial charge in [-0.25, -0.2) is 8.78 Å². The van der Waals surface area contributed by atoms with Crippen molar-refractivity contribution in [3.05, 3.63) is 65.5 Å². The Hall–Kier alpha value is -1.81. The summed E-state index contributed by atoms with van der Waals surface area (Å²) in [7, 11) is 0. The zero-order valence-electron chi connectivity index (χ0n) is 11.4. The molecule has 2 aromatic rings. The van der Waals surface area contributed by atoms with Crippen molar-refractivity contribution in [3.8, 4) is 0 Å². The first-order chi connectivity index (χ1) is 9.70. The van der Waals surface area contributed by atoms with E-state index in [2.05, 4.69) is 17.2 Å². The second kappa shape index (κ2) is 7.10. The summed E-state index contributed by atoms with van der Waals surface area (Å²) in [5.74, 6) is -0.783. The quantitative estimate of drug-likeness (QED) is 0.871. The number of aromatic nitrogens is 1. The average Bonchev–Trinajstić information content (AvgIpc) is 2.48. The first-order valence-corrected chi connectivity index (χ1v) is 6.78. The van der Waals surface area contributed by atoms with E-state index in [0.717, 1.165) is 24.6 Å². The normalized spacial score (nSPS) is 12.3. The second-order valence-corrected chi connectivity index (χ2v) is 4.73. The van der Waals surface area contributed by atoms with E-state index in [4.69, 9.17) is 0 Å². The van der Waals surface area contributed by atoms with Crippen molar-refractivity contribution in [1.82, 2.24) is 10.3 Å². The fourth-order valence-electron chi connectivity index (χ4n) is 2.14. The first kappa shape index (κ1) is 14.6. The summed E-state index contributed by atoms with van der Waals surface area (Å²) < 4.78 is 27.0. The highest BCUT2D eigenvalue weighted by atomic mass is 19.1. The molecule has 1 aromatic carbocycles. The zero-order valence-corrected chi connectivity index (χ0v) is 11.4. The van der Waals surface area contributed by atoms with Crippen molar-refractivity contribution in [2.75, 3.05) is 6.54 Å². The topological polar surface area (TPSA) is 24.9 Å². The number of rotatable bonds is 6. The van der Waals surface area contributed by atoms with Crippen LogP contribution in [0.4, 0.5) is 8.78 Å². The zero-order chi connectivity index (χ0) is 14.4. The van der Waals surface area contributed by atoms with Crippen LogP contribution in [0.15, 0.2) is 42.7 Å². The van der Waals surface area contributed by atoms with Crippen LogP contribution in [-0.4, -0.2) is 11.5 Å². The van der Waals surface area contributed by atoms with E-state index >= 15 is 0 Å². The van der Waals surface area contributed by atoms with Gasteiger partial charge in [0.2, 0.25) is 0 Å². The summed E-state index contributed by atoms with van der Waals surface area (Å²) in [5.41, 5.74) is 1.41. The highest BCUT2D eigenvalue weighted by molar-refractivity contribution is 5.24. The molecule has 0 bridgehead atoms. The van der Waals surface area contributed by atoms with Crippen molar-refractivity contribution in [1.29, 1.82) is 0 Å². The Kier molecular flexibility index (Phi) is 5.18. The molecule has 0 fully saturated rings. The lowest BCUT2D eigenvalue weighted by atomic mass is 9.99. The fourth-order valence-corrected chi connectivity index (χ4v) is 2.14. The molecule has 1 unspecified atom stereocenters. The van der Waals surface area contributed by atoms with E-state index in [1.807, 2.05) is 12.1 Å². The van der Waals surface area contributed by atoms with E-state index < -0.39 is 5.82 Å². The molecule has 4 heteroatoms. The van der Waals surface area contributed by atoms with Crippen LogP contribution in [0.5, 0.6) is 0 Å². The van der Waals surface area contributed by atoms with Crippen LogP contribution in [0.1, 0.15) is 30.5 Å². The molecule has 1 heterocycles. The Morgan fingerprint density at radius 3 is 2.60 bits per heavy atom. The third-order valence-electron chi connectivity index (χ3n) is 3.18. The van der Waals surface area contributed by atoms with Crippen molar-refractivity contribution in [2.45, 2.75) is 25.8 Å². The van der Waals surface area contributed by atoms with Gasteiger partial charge in [0.1, 0.15) is 11.6 Å². The van der Waals surface area contributed by atoms with E-state index in [1.165, 1.54) is 12.1 Å². The summed E-state index contributed by atoms with van der Waals surface area (Å²) in [5, 5.41) is 3.36. The molecular formula is C16H18F2N2. The first-order valence-electron chi connectivity index (χ1n) is 6.78. The Labute approximate surface area is 117 Å². The predicted octanol–water partition coefficient (Wildman–Crippen LogP) is 3.64. The van der Waals surface area contributed by atoms with Gasteiger partial charge >= 0.3 is 0 Å². The van der Waals surface area contributed by atoms with E-state index in [1.54, 1.807) is 12.4 Å². The summed E-state index contributed by atoms with van der Waals surface area (Å²) >= 11 is 0. The Morgan fingerprint density at radius 2 is 1.90 bits per heavy atom. The van der Waals surface area contributed by atoms with Gasteiger partial charge in [0.15, 0.2) is 0 Å². The molecule has 0 saturated heterocycles. The lowest BCUT2D eigenvalue weighted by Gasteiger charge is -2.19. The van der Waals surface area contributed by atoms with E-state index in [-0.39, 0.29) is 11.9 Å². The van der Waals surface area contributed by atoms with Gasteiger partial charge in [0, 0.05) is 18.4 Å². The lowest BCUT2D eigenvalue weighted by Crippen LogP contribution is -2.24. The second-order valence-electron chi connectivity index (χ2n) is 4.73. The Bertz CT molecular complexity index is 543. The molecule has 0 aliphatic carbocycles. The fraction of sp³-hybridized carbons (Fsp3) is 0.312. The van der Waals surface area contributed by atoms with Crippen LogP contribution in [0.3, 0.4) is 0 Å². The van der Waals surface area contributed by atoms with Gasteiger partial charge in [0.05, 0.1) is 0 Å². The van der Waals surface area contributed by atoms with Crippen molar-refractivity contribution in [2.24, 2.45) is 0 Å². The van der Waals surface area contributed by atoms with E-state index in [9.17, 15) is 8.78 Å². The number of pyridine rings is 1. The number of nitrogens with zero attached hydrogens (tertiary/aromatic N) is 1. The summed E-state index contributed by atoms with van der Waals surface area (Å²) in [4.78, 5) is 3.98. The summed E-state index contributed by atoms with van der Waals surface area (Å²) in [6.07, 6.45) is 4.80. The van der Waals surface area contributed by atoms with E-state index in [0.29, 0.717) is 12.0 Å². The number of hydrogen-bond acceptors (Lipinski definition) is 2. The number of halogens is 2. The van der Waals surface area contributed by atoms with Crippen molar-refractivity contribution < 1.29 is 8.78 Å². The molecule has 0 aliphatic rings. The van der Waals surface area contributed by atoms with Crippen LogP contribution < -0.4 is 5.32 Å². The van der Waals surface area contributed by atoms with Crippen molar-refractivity contribution in [3.63, 3.8) is 0 Å². The van der Waals surface area contributed by atoms with Gasteiger partial charge < -0.3 is 5.32 Å². The largest absolute Gasteiger partial charge is 0.310 e. The highest BCUT2D eigenvalue weighted by Gasteiger charge is 2.14. The molecule has 1 aromatic heterocycles. The van der Waals surface area contributed by atoms with Crippen molar-refractivity contribution >= 4 is 0 Å². The molecule has 0 saturated carbocycles. The smallest absolute Gasteiger partial charge is 0.126 e. The molecule has 2 nitrogen and oxygen atoms in total. The van der Waals surface area contributed by atoms with Gasteiger partial charge in [-0.05, 0) is 60.8 Å². The maximum atomic E-state index is 13.8. The van der Waals surface area contributed by atoms with Crippen LogP contribution >= 0.6 is 0 Å². The van der Waals surface area contributed by atoms with Gasteiger partial charge in [-0.15, -0.1) is 0 Å². The minimum atomic E-state index is -0.412. The molecule has 2 rings (SSSR count). The highest BCUT2D eigenvalue weighted by Crippen LogP contribution is 2.20. The van der Waals surface area contributed by atoms with Crippen LogP contribution in [0.25, 0.3) is 0 Å². The van der Waals surface area contributed by atoms with Gasteiger partial charge in [-0.3, -0.25) is 4.98 Å². The number of hydrogen-bond donors (Lipinski definition) is 1. The van der Waals surface area contributed by atoms with Gasteiger partial charge in [-0.2, -0.15) is 0 Å². The van der Waals surface area contributed by atoms with Crippen LogP contribution in [-0.2, 0) is 6.42 Å². The molecule has 1 atom stereocenters. The van der Waals surface area contributed by atoms with Gasteiger partial charge in [0.25, 0.3) is 0 Å². The predicted molar refractivity (Wildman–Crippen MR) is 75.3 cm³/mol. The standard InChI is InChI=1S/C16H18F2N2/c1-2-7-20-16(12-5-8-19-9-6-12)11-13-10-14(17)3-4-15(13)18/h3-6,8-10,16,20H,2,7,11H2,1H3. The molecular weight excluding hydrogens is 258 g/mol. The number of benzene rings is 1.